The van der Waals surface area contributed by atoms with Crippen LogP contribution in [0.4, 0.5) is 4.39 Å². The zero-order valence-electron chi connectivity index (χ0n) is 11.3. The summed E-state index contributed by atoms with van der Waals surface area (Å²) >= 11 is 5.73. The highest BCUT2D eigenvalue weighted by atomic mass is 35.5. The monoisotopic (exact) mass is 293 g/mol. The second kappa shape index (κ2) is 7.27. The molecular formula is C16H17ClFNO. The van der Waals surface area contributed by atoms with Crippen LogP contribution in [0.5, 0.6) is 5.75 Å². The van der Waals surface area contributed by atoms with Gasteiger partial charge in [0.1, 0.15) is 18.2 Å². The lowest BCUT2D eigenvalue weighted by Gasteiger charge is -2.08. The van der Waals surface area contributed by atoms with E-state index in [9.17, 15) is 4.39 Å². The third-order valence-electron chi connectivity index (χ3n) is 2.89. The SMILES string of the molecule is CCNCc1ccc(OCc2ccc(F)c(Cl)c2)cc1. The van der Waals surface area contributed by atoms with Gasteiger partial charge in [0.15, 0.2) is 0 Å². The van der Waals surface area contributed by atoms with Crippen molar-refractivity contribution in [3.63, 3.8) is 0 Å². The zero-order valence-corrected chi connectivity index (χ0v) is 12.1. The minimum Gasteiger partial charge on any atom is -0.489 e. The molecule has 0 heterocycles. The van der Waals surface area contributed by atoms with Crippen molar-refractivity contribution in [2.45, 2.75) is 20.1 Å². The highest BCUT2D eigenvalue weighted by Gasteiger charge is 2.02. The van der Waals surface area contributed by atoms with Crippen LogP contribution >= 0.6 is 11.6 Å². The number of rotatable bonds is 6. The van der Waals surface area contributed by atoms with Crippen LogP contribution in [-0.4, -0.2) is 6.54 Å². The van der Waals surface area contributed by atoms with E-state index in [0.717, 1.165) is 24.4 Å². The molecule has 106 valence electrons. The molecule has 0 aliphatic heterocycles. The molecule has 0 aliphatic rings. The van der Waals surface area contributed by atoms with Crippen LogP contribution in [0.2, 0.25) is 5.02 Å². The van der Waals surface area contributed by atoms with Crippen LogP contribution < -0.4 is 10.1 Å². The van der Waals surface area contributed by atoms with Crippen molar-refractivity contribution in [1.82, 2.24) is 5.32 Å². The van der Waals surface area contributed by atoms with Gasteiger partial charge in [0, 0.05) is 6.54 Å². The summed E-state index contributed by atoms with van der Waals surface area (Å²) in [5.74, 6) is 0.369. The van der Waals surface area contributed by atoms with Gasteiger partial charge in [-0.05, 0) is 41.9 Å². The van der Waals surface area contributed by atoms with E-state index in [1.807, 2.05) is 24.3 Å². The quantitative estimate of drug-likeness (QED) is 0.863. The first-order valence-corrected chi connectivity index (χ1v) is 6.93. The predicted octanol–water partition coefficient (Wildman–Crippen LogP) is 4.17. The Bertz CT molecular complexity index is 557. The number of halogens is 2. The lowest BCUT2D eigenvalue weighted by Crippen LogP contribution is -2.11. The van der Waals surface area contributed by atoms with Crippen molar-refractivity contribution in [2.75, 3.05) is 6.54 Å². The molecule has 0 radical (unpaired) electrons. The second-order valence-corrected chi connectivity index (χ2v) is 4.87. The molecule has 0 saturated heterocycles. The molecule has 0 amide bonds. The Morgan fingerprint density at radius 2 is 1.80 bits per heavy atom. The molecule has 4 heteroatoms. The number of hydrogen-bond acceptors (Lipinski definition) is 2. The molecule has 20 heavy (non-hydrogen) atoms. The lowest BCUT2D eigenvalue weighted by molar-refractivity contribution is 0.306. The number of benzene rings is 2. The molecule has 1 N–H and O–H groups in total. The van der Waals surface area contributed by atoms with Crippen molar-refractivity contribution >= 4 is 11.6 Å². The van der Waals surface area contributed by atoms with Gasteiger partial charge in [0.05, 0.1) is 5.02 Å². The van der Waals surface area contributed by atoms with Crippen LogP contribution in [0, 0.1) is 5.82 Å². The fraction of sp³-hybridized carbons (Fsp3) is 0.250. The highest BCUT2D eigenvalue weighted by molar-refractivity contribution is 6.30. The minimum absolute atomic E-state index is 0.118. The lowest BCUT2D eigenvalue weighted by atomic mass is 10.2. The largest absolute Gasteiger partial charge is 0.489 e. The van der Waals surface area contributed by atoms with Gasteiger partial charge in [-0.3, -0.25) is 0 Å². The fourth-order valence-corrected chi connectivity index (χ4v) is 1.97. The predicted molar refractivity (Wildman–Crippen MR) is 79.6 cm³/mol. The van der Waals surface area contributed by atoms with E-state index >= 15 is 0 Å². The summed E-state index contributed by atoms with van der Waals surface area (Å²) in [4.78, 5) is 0. The second-order valence-electron chi connectivity index (χ2n) is 4.46. The van der Waals surface area contributed by atoms with Crippen LogP contribution in [0.25, 0.3) is 0 Å². The molecular weight excluding hydrogens is 277 g/mol. The van der Waals surface area contributed by atoms with E-state index in [-0.39, 0.29) is 5.02 Å². The molecule has 0 atom stereocenters. The third kappa shape index (κ3) is 4.22. The maximum atomic E-state index is 13.0. The first-order valence-electron chi connectivity index (χ1n) is 6.55. The summed E-state index contributed by atoms with van der Waals surface area (Å²) in [6.45, 7) is 4.24. The van der Waals surface area contributed by atoms with E-state index in [4.69, 9.17) is 16.3 Å². The van der Waals surface area contributed by atoms with E-state index in [1.165, 1.54) is 11.6 Å². The molecule has 2 aromatic rings. The molecule has 0 unspecified atom stereocenters. The van der Waals surface area contributed by atoms with Crippen molar-refractivity contribution in [3.8, 4) is 5.75 Å². The average Bonchev–Trinajstić information content (AvgIpc) is 2.47. The summed E-state index contributed by atoms with van der Waals surface area (Å²) in [6, 6.07) is 12.5. The Morgan fingerprint density at radius 1 is 1.10 bits per heavy atom. The van der Waals surface area contributed by atoms with Gasteiger partial charge in [-0.15, -0.1) is 0 Å². The Morgan fingerprint density at radius 3 is 2.45 bits per heavy atom. The average molecular weight is 294 g/mol. The first kappa shape index (κ1) is 14.8. The smallest absolute Gasteiger partial charge is 0.141 e. The molecule has 0 saturated carbocycles. The standard InChI is InChI=1S/C16H17ClFNO/c1-2-19-10-12-3-6-14(7-4-12)20-11-13-5-8-16(18)15(17)9-13/h3-9,19H,2,10-11H2,1H3. The zero-order chi connectivity index (χ0) is 14.4. The van der Waals surface area contributed by atoms with E-state index < -0.39 is 5.82 Å². The fourth-order valence-electron chi connectivity index (χ4n) is 1.77. The first-order chi connectivity index (χ1) is 9.69. The van der Waals surface area contributed by atoms with E-state index in [1.54, 1.807) is 12.1 Å². The normalized spacial score (nSPS) is 10.6. The van der Waals surface area contributed by atoms with E-state index in [2.05, 4.69) is 12.2 Å². The highest BCUT2D eigenvalue weighted by Crippen LogP contribution is 2.18. The Kier molecular flexibility index (Phi) is 5.39. The van der Waals surface area contributed by atoms with Crippen LogP contribution in [-0.2, 0) is 13.2 Å². The Hall–Kier alpha value is -1.58. The van der Waals surface area contributed by atoms with Gasteiger partial charge < -0.3 is 10.1 Å². The van der Waals surface area contributed by atoms with Crippen LogP contribution in [0.15, 0.2) is 42.5 Å². The van der Waals surface area contributed by atoms with Crippen molar-refractivity contribution in [3.05, 3.63) is 64.4 Å². The summed E-state index contributed by atoms with van der Waals surface area (Å²) in [5.41, 5.74) is 2.05. The topological polar surface area (TPSA) is 21.3 Å². The number of nitrogens with one attached hydrogen (secondary N) is 1. The molecule has 0 fully saturated rings. The van der Waals surface area contributed by atoms with Gasteiger partial charge in [0.2, 0.25) is 0 Å². The molecule has 0 spiro atoms. The minimum atomic E-state index is -0.414. The van der Waals surface area contributed by atoms with Crippen molar-refractivity contribution in [1.29, 1.82) is 0 Å². The van der Waals surface area contributed by atoms with E-state index in [0.29, 0.717) is 6.61 Å². The molecule has 0 aliphatic carbocycles. The molecule has 2 nitrogen and oxygen atoms in total. The molecule has 0 aromatic heterocycles. The van der Waals surface area contributed by atoms with Crippen LogP contribution in [0.3, 0.4) is 0 Å². The third-order valence-corrected chi connectivity index (χ3v) is 3.18. The maximum Gasteiger partial charge on any atom is 0.141 e. The van der Waals surface area contributed by atoms with Gasteiger partial charge in [-0.25, -0.2) is 4.39 Å². The Labute approximate surface area is 123 Å². The van der Waals surface area contributed by atoms with Crippen molar-refractivity contribution < 1.29 is 9.13 Å². The molecule has 2 rings (SSSR count). The summed E-state index contributed by atoms with van der Waals surface area (Å²) in [5, 5.41) is 3.38. The Balaban J connectivity index is 1.91. The maximum absolute atomic E-state index is 13.0. The number of ether oxygens (including phenoxy) is 1. The van der Waals surface area contributed by atoms with Gasteiger partial charge in [-0.2, -0.15) is 0 Å². The number of hydrogen-bond donors (Lipinski definition) is 1. The van der Waals surface area contributed by atoms with Gasteiger partial charge in [-0.1, -0.05) is 36.7 Å². The van der Waals surface area contributed by atoms with Gasteiger partial charge >= 0.3 is 0 Å². The molecule has 0 bridgehead atoms. The van der Waals surface area contributed by atoms with Crippen molar-refractivity contribution in [2.24, 2.45) is 0 Å². The van der Waals surface area contributed by atoms with Crippen LogP contribution in [0.1, 0.15) is 18.1 Å². The summed E-state index contributed by atoms with van der Waals surface area (Å²) in [6.07, 6.45) is 0. The molecule has 2 aromatic carbocycles. The summed E-state index contributed by atoms with van der Waals surface area (Å²) in [7, 11) is 0. The van der Waals surface area contributed by atoms with Gasteiger partial charge in [0.25, 0.3) is 0 Å². The summed E-state index contributed by atoms with van der Waals surface area (Å²) < 4.78 is 18.7.